The van der Waals surface area contributed by atoms with Crippen LogP contribution in [0.4, 0.5) is 5.95 Å². The zero-order valence-corrected chi connectivity index (χ0v) is 15.5. The number of hydrogen-bond donors (Lipinski definition) is 2. The van der Waals surface area contributed by atoms with Crippen molar-refractivity contribution in [3.05, 3.63) is 76.2 Å². The molecule has 3 N–H and O–H groups in total. The quantitative estimate of drug-likeness (QED) is 0.563. The van der Waals surface area contributed by atoms with E-state index in [0.29, 0.717) is 11.5 Å². The maximum atomic E-state index is 13.1. The van der Waals surface area contributed by atoms with Gasteiger partial charge in [0.25, 0.3) is 5.56 Å². The number of guanidine groups is 1. The number of rotatable bonds is 2. The van der Waals surface area contributed by atoms with E-state index in [0.717, 1.165) is 22.4 Å². The van der Waals surface area contributed by atoms with Gasteiger partial charge >= 0.3 is 0 Å². The van der Waals surface area contributed by atoms with E-state index in [1.807, 2.05) is 77.8 Å². The lowest BCUT2D eigenvalue weighted by Gasteiger charge is -2.24. The van der Waals surface area contributed by atoms with Crippen molar-refractivity contribution in [2.45, 2.75) is 13.1 Å². The molecule has 140 valence electrons. The SMILES string of the molecule is Cc1c([C@@H]2N=C(N)Nc3nc4ccccc4n32)n(C)n(-c2ccccc2)c1=O. The van der Waals surface area contributed by atoms with Crippen LogP contribution in [0.3, 0.4) is 0 Å². The summed E-state index contributed by atoms with van der Waals surface area (Å²) in [6, 6.07) is 17.4. The zero-order valence-electron chi connectivity index (χ0n) is 15.5. The van der Waals surface area contributed by atoms with Crippen molar-refractivity contribution in [3.8, 4) is 5.69 Å². The van der Waals surface area contributed by atoms with Gasteiger partial charge in [0.2, 0.25) is 5.95 Å². The van der Waals surface area contributed by atoms with Crippen LogP contribution in [-0.2, 0) is 7.05 Å². The number of nitrogens with one attached hydrogen (secondary N) is 1. The molecule has 2 aromatic heterocycles. The summed E-state index contributed by atoms with van der Waals surface area (Å²) in [7, 11) is 1.86. The van der Waals surface area contributed by atoms with Crippen LogP contribution >= 0.6 is 0 Å². The largest absolute Gasteiger partial charge is 0.370 e. The molecule has 8 nitrogen and oxygen atoms in total. The predicted octanol–water partition coefficient (Wildman–Crippen LogP) is 2.12. The van der Waals surface area contributed by atoms with E-state index in [-0.39, 0.29) is 11.5 Å². The highest BCUT2D eigenvalue weighted by Gasteiger charge is 2.30. The van der Waals surface area contributed by atoms with Crippen molar-refractivity contribution in [3.63, 3.8) is 0 Å². The van der Waals surface area contributed by atoms with Gasteiger partial charge in [0.15, 0.2) is 12.1 Å². The molecule has 0 bridgehead atoms. The lowest BCUT2D eigenvalue weighted by molar-refractivity contribution is 0.532. The molecule has 0 fully saturated rings. The molecule has 0 amide bonds. The Hall–Kier alpha value is -3.81. The van der Waals surface area contributed by atoms with E-state index >= 15 is 0 Å². The molecule has 0 spiro atoms. The highest BCUT2D eigenvalue weighted by Crippen LogP contribution is 2.33. The lowest BCUT2D eigenvalue weighted by atomic mass is 10.2. The lowest BCUT2D eigenvalue weighted by Crippen LogP contribution is -2.32. The summed E-state index contributed by atoms with van der Waals surface area (Å²) in [5, 5.41) is 3.03. The highest BCUT2D eigenvalue weighted by atomic mass is 16.1. The average Bonchev–Trinajstić information content (AvgIpc) is 3.16. The van der Waals surface area contributed by atoms with Crippen molar-refractivity contribution < 1.29 is 0 Å². The molecule has 0 unspecified atom stereocenters. The van der Waals surface area contributed by atoms with Gasteiger partial charge in [-0.25, -0.2) is 14.7 Å². The first-order valence-electron chi connectivity index (χ1n) is 8.97. The number of hydrogen-bond acceptors (Lipinski definition) is 5. The highest BCUT2D eigenvalue weighted by molar-refractivity contribution is 5.94. The Kier molecular flexibility index (Phi) is 3.42. The first-order valence-corrected chi connectivity index (χ1v) is 8.97. The summed E-state index contributed by atoms with van der Waals surface area (Å²) < 4.78 is 5.47. The monoisotopic (exact) mass is 373 g/mol. The summed E-state index contributed by atoms with van der Waals surface area (Å²) in [6.45, 7) is 1.82. The van der Waals surface area contributed by atoms with Gasteiger partial charge in [-0.15, -0.1) is 0 Å². The normalized spacial score (nSPS) is 15.9. The van der Waals surface area contributed by atoms with Gasteiger partial charge in [-0.05, 0) is 31.2 Å². The number of imidazole rings is 1. The summed E-state index contributed by atoms with van der Waals surface area (Å²) in [5.41, 5.74) is 9.91. The van der Waals surface area contributed by atoms with Crippen LogP contribution in [0.15, 0.2) is 64.4 Å². The number of para-hydroxylation sites is 3. The Labute approximate surface area is 160 Å². The Morgan fingerprint density at radius 2 is 1.79 bits per heavy atom. The Morgan fingerprint density at radius 3 is 2.57 bits per heavy atom. The molecule has 2 aromatic carbocycles. The molecular formula is C20H19N7O. The first kappa shape index (κ1) is 16.4. The first-order chi connectivity index (χ1) is 13.6. The fourth-order valence-electron chi connectivity index (χ4n) is 3.88. The van der Waals surface area contributed by atoms with Gasteiger partial charge in [0.1, 0.15) is 0 Å². The minimum Gasteiger partial charge on any atom is -0.370 e. The molecular weight excluding hydrogens is 354 g/mol. The van der Waals surface area contributed by atoms with Gasteiger partial charge in [0.05, 0.1) is 22.4 Å². The van der Waals surface area contributed by atoms with Crippen LogP contribution in [0.5, 0.6) is 0 Å². The van der Waals surface area contributed by atoms with Crippen molar-refractivity contribution in [1.82, 2.24) is 18.9 Å². The maximum Gasteiger partial charge on any atom is 0.274 e. The molecule has 28 heavy (non-hydrogen) atoms. The third kappa shape index (κ3) is 2.21. The topological polar surface area (TPSA) is 95.2 Å². The fraction of sp³-hybridized carbons (Fsp3) is 0.150. The van der Waals surface area contributed by atoms with Crippen LogP contribution in [0, 0.1) is 6.92 Å². The van der Waals surface area contributed by atoms with Gasteiger partial charge in [-0.1, -0.05) is 30.3 Å². The number of aromatic nitrogens is 4. The summed E-state index contributed by atoms with van der Waals surface area (Å²) in [5.74, 6) is 0.880. The number of anilines is 1. The van der Waals surface area contributed by atoms with Gasteiger partial charge in [0, 0.05) is 12.6 Å². The number of nitrogens with zero attached hydrogens (tertiary/aromatic N) is 5. The van der Waals surface area contributed by atoms with E-state index in [9.17, 15) is 4.79 Å². The number of fused-ring (bicyclic) bond motifs is 3. The van der Waals surface area contributed by atoms with Crippen molar-refractivity contribution in [2.24, 2.45) is 17.8 Å². The van der Waals surface area contributed by atoms with Crippen LogP contribution in [0.2, 0.25) is 0 Å². The van der Waals surface area contributed by atoms with E-state index in [1.165, 1.54) is 0 Å². The second-order valence-corrected chi connectivity index (χ2v) is 6.79. The molecule has 4 aromatic rings. The van der Waals surface area contributed by atoms with Gasteiger partial charge in [-0.3, -0.25) is 19.4 Å². The second-order valence-electron chi connectivity index (χ2n) is 6.79. The molecule has 1 aliphatic rings. The third-order valence-corrected chi connectivity index (χ3v) is 5.13. The van der Waals surface area contributed by atoms with Crippen molar-refractivity contribution in [2.75, 3.05) is 5.32 Å². The minimum atomic E-state index is -0.494. The summed E-state index contributed by atoms with van der Waals surface area (Å²) in [4.78, 5) is 22.3. The molecule has 5 rings (SSSR count). The molecule has 0 aliphatic carbocycles. The minimum absolute atomic E-state index is 0.0815. The van der Waals surface area contributed by atoms with Crippen LogP contribution < -0.4 is 16.6 Å². The number of aliphatic imine (C=N–C) groups is 1. The third-order valence-electron chi connectivity index (χ3n) is 5.13. The Bertz CT molecular complexity index is 1290. The molecule has 1 atom stereocenters. The summed E-state index contributed by atoms with van der Waals surface area (Å²) >= 11 is 0. The Balaban J connectivity index is 1.79. The smallest absolute Gasteiger partial charge is 0.274 e. The number of nitrogens with two attached hydrogens (primary N) is 1. The molecule has 3 heterocycles. The molecule has 1 aliphatic heterocycles. The Morgan fingerprint density at radius 1 is 1.07 bits per heavy atom. The maximum absolute atomic E-state index is 13.1. The van der Waals surface area contributed by atoms with E-state index < -0.39 is 6.17 Å². The molecule has 0 saturated carbocycles. The summed E-state index contributed by atoms with van der Waals surface area (Å²) in [6.07, 6.45) is -0.494. The zero-order chi connectivity index (χ0) is 19.4. The van der Waals surface area contributed by atoms with Crippen molar-refractivity contribution in [1.29, 1.82) is 0 Å². The number of benzene rings is 2. The average molecular weight is 373 g/mol. The molecule has 0 radical (unpaired) electrons. The predicted molar refractivity (Wildman–Crippen MR) is 109 cm³/mol. The van der Waals surface area contributed by atoms with E-state index in [2.05, 4.69) is 15.3 Å². The van der Waals surface area contributed by atoms with Crippen LogP contribution in [-0.4, -0.2) is 24.9 Å². The van der Waals surface area contributed by atoms with E-state index in [4.69, 9.17) is 5.73 Å². The fourth-order valence-corrected chi connectivity index (χ4v) is 3.88. The van der Waals surface area contributed by atoms with Crippen molar-refractivity contribution >= 4 is 22.9 Å². The van der Waals surface area contributed by atoms with Crippen LogP contribution in [0.1, 0.15) is 17.4 Å². The molecule has 0 saturated heterocycles. The van der Waals surface area contributed by atoms with Crippen LogP contribution in [0.25, 0.3) is 16.7 Å². The van der Waals surface area contributed by atoms with Gasteiger partial charge in [-0.2, -0.15) is 0 Å². The molecule has 8 heteroatoms. The second kappa shape index (κ2) is 5.85. The van der Waals surface area contributed by atoms with Gasteiger partial charge < -0.3 is 5.73 Å². The standard InChI is InChI=1S/C20H19N7O/c1-12-16(25(2)27(18(12)28)13-8-4-3-5-9-13)17-23-19(21)24-20-22-14-10-6-7-11-15(14)26(17)20/h3-11,17H,1-2H3,(H3,21,22,23,24)/t17-/m1/s1. The van der Waals surface area contributed by atoms with E-state index in [1.54, 1.807) is 4.68 Å².